The summed E-state index contributed by atoms with van der Waals surface area (Å²) in [6.07, 6.45) is 58.4. The average molecular weight is 857 g/mol. The predicted molar refractivity (Wildman–Crippen MR) is 261 cm³/mol. The summed E-state index contributed by atoms with van der Waals surface area (Å²) in [5, 5.41) is 0. The molecule has 0 N–H and O–H groups in total. The Kier molecular flexibility index (Phi) is 48.3. The van der Waals surface area contributed by atoms with Crippen LogP contribution in [0.3, 0.4) is 0 Å². The lowest BCUT2D eigenvalue weighted by atomic mass is 10.0. The largest absolute Gasteiger partial charge is 0.462 e. The molecule has 6 nitrogen and oxygen atoms in total. The van der Waals surface area contributed by atoms with Crippen molar-refractivity contribution in [3.05, 3.63) is 36.5 Å². The number of ether oxygens (including phenoxy) is 3. The molecule has 0 aromatic carbocycles. The molecule has 0 aromatic rings. The molecule has 0 radical (unpaired) electrons. The number of rotatable bonds is 48. The molecule has 0 aliphatic heterocycles. The van der Waals surface area contributed by atoms with Gasteiger partial charge in [-0.3, -0.25) is 14.4 Å². The number of carbonyl (C=O) groups is 3. The lowest BCUT2D eigenvalue weighted by Crippen LogP contribution is -2.30. The predicted octanol–water partition coefficient (Wildman–Crippen LogP) is 17.3. The highest BCUT2D eigenvalue weighted by Crippen LogP contribution is 2.16. The van der Waals surface area contributed by atoms with E-state index in [2.05, 4.69) is 57.2 Å². The molecule has 0 unspecified atom stereocenters. The molecule has 61 heavy (non-hydrogen) atoms. The van der Waals surface area contributed by atoms with Crippen LogP contribution in [0.15, 0.2) is 36.5 Å². The molecule has 0 fully saturated rings. The second kappa shape index (κ2) is 50.3. The van der Waals surface area contributed by atoms with E-state index in [1.165, 1.54) is 141 Å². The van der Waals surface area contributed by atoms with Gasteiger partial charge in [-0.05, 0) is 51.4 Å². The molecule has 0 saturated heterocycles. The first-order valence-electron chi connectivity index (χ1n) is 26.5. The van der Waals surface area contributed by atoms with Gasteiger partial charge in [0.05, 0.1) is 0 Å². The van der Waals surface area contributed by atoms with Crippen LogP contribution in [0.2, 0.25) is 0 Å². The highest BCUT2D eigenvalue weighted by molar-refractivity contribution is 5.71. The van der Waals surface area contributed by atoms with Gasteiger partial charge in [0.15, 0.2) is 6.10 Å². The van der Waals surface area contributed by atoms with Crippen molar-refractivity contribution < 1.29 is 28.6 Å². The van der Waals surface area contributed by atoms with Crippen molar-refractivity contribution in [1.82, 2.24) is 0 Å². The molecule has 356 valence electrons. The second-order valence-electron chi connectivity index (χ2n) is 17.8. The molecule has 0 aliphatic carbocycles. The van der Waals surface area contributed by atoms with Gasteiger partial charge in [-0.15, -0.1) is 0 Å². The summed E-state index contributed by atoms with van der Waals surface area (Å²) in [5.74, 6) is -0.877. The molecule has 0 bridgehead atoms. The molecule has 0 aliphatic rings. The van der Waals surface area contributed by atoms with Crippen LogP contribution >= 0.6 is 0 Å². The number of carbonyl (C=O) groups excluding carboxylic acids is 3. The zero-order valence-electron chi connectivity index (χ0n) is 40.7. The number of hydrogen-bond donors (Lipinski definition) is 0. The Bertz CT molecular complexity index is 1030. The first-order chi connectivity index (χ1) is 30.0. The van der Waals surface area contributed by atoms with E-state index in [9.17, 15) is 14.4 Å². The second-order valence-corrected chi connectivity index (χ2v) is 17.8. The van der Waals surface area contributed by atoms with Crippen molar-refractivity contribution in [2.45, 2.75) is 284 Å². The average Bonchev–Trinajstić information content (AvgIpc) is 3.26. The maximum absolute atomic E-state index is 12.8. The molecule has 0 spiro atoms. The zero-order chi connectivity index (χ0) is 44.4. The van der Waals surface area contributed by atoms with E-state index in [-0.39, 0.29) is 31.1 Å². The van der Waals surface area contributed by atoms with Crippen LogP contribution in [0.25, 0.3) is 0 Å². The summed E-state index contributed by atoms with van der Waals surface area (Å²) in [6, 6.07) is 0. The van der Waals surface area contributed by atoms with Crippen LogP contribution in [0.4, 0.5) is 0 Å². The maximum Gasteiger partial charge on any atom is 0.306 e. The summed E-state index contributed by atoms with van der Waals surface area (Å²) in [5.41, 5.74) is 0. The molecule has 0 aromatic heterocycles. The molecule has 0 rings (SSSR count). The normalized spacial score (nSPS) is 12.2. The van der Waals surface area contributed by atoms with Crippen LogP contribution in [-0.2, 0) is 28.6 Å². The minimum absolute atomic E-state index is 0.0732. The Labute approximate surface area is 378 Å². The van der Waals surface area contributed by atoms with Gasteiger partial charge in [0, 0.05) is 19.3 Å². The lowest BCUT2D eigenvalue weighted by Gasteiger charge is -2.18. The van der Waals surface area contributed by atoms with Crippen molar-refractivity contribution in [2.75, 3.05) is 13.2 Å². The fraction of sp³-hybridized carbons (Fsp3) is 0.836. The third kappa shape index (κ3) is 48.5. The van der Waals surface area contributed by atoms with Crippen LogP contribution in [0, 0.1) is 0 Å². The lowest BCUT2D eigenvalue weighted by molar-refractivity contribution is -0.167. The highest BCUT2D eigenvalue weighted by Gasteiger charge is 2.19. The summed E-state index contributed by atoms with van der Waals surface area (Å²) in [6.45, 7) is 6.54. The molecule has 6 heteroatoms. The molecular formula is C55H100O6. The van der Waals surface area contributed by atoms with Crippen molar-refractivity contribution in [1.29, 1.82) is 0 Å². The number of unbranched alkanes of at least 4 members (excludes halogenated alkanes) is 31. The fourth-order valence-electron chi connectivity index (χ4n) is 7.69. The number of hydrogen-bond acceptors (Lipinski definition) is 6. The Morgan fingerprint density at radius 2 is 0.639 bits per heavy atom. The van der Waals surface area contributed by atoms with E-state index in [1.54, 1.807) is 0 Å². The molecule has 0 saturated carbocycles. The first-order valence-corrected chi connectivity index (χ1v) is 26.5. The van der Waals surface area contributed by atoms with E-state index >= 15 is 0 Å². The quantitative estimate of drug-likeness (QED) is 0.0262. The standard InChI is InChI=1S/C55H100O6/c1-4-7-10-13-16-19-22-25-27-30-33-36-39-42-45-48-54(57)60-51-52(50-59-53(56)47-44-41-38-35-32-29-24-21-18-15-12-9-6-3)61-55(58)49-46-43-40-37-34-31-28-26-23-20-17-14-11-8-5-2/h7,10,16,19,25,27,52H,4-6,8-9,11-15,17-18,20-24,26,28-51H2,1-3H3/b10-7-,19-16-,27-25-/t52-/m1/s1. The fourth-order valence-corrected chi connectivity index (χ4v) is 7.69. The van der Waals surface area contributed by atoms with Gasteiger partial charge < -0.3 is 14.2 Å². The molecule has 1 atom stereocenters. The third-order valence-corrected chi connectivity index (χ3v) is 11.7. The van der Waals surface area contributed by atoms with E-state index in [0.29, 0.717) is 19.3 Å². The SMILES string of the molecule is CC/C=C\C/C=C\C/C=C\CCCCCCCC(=O)OC[C@@H](COC(=O)CCCCCCCCCCCCCCC)OC(=O)CCCCCCCCCCCCCCCCC. The van der Waals surface area contributed by atoms with Crippen molar-refractivity contribution in [2.24, 2.45) is 0 Å². The molecular weight excluding hydrogens is 757 g/mol. The topological polar surface area (TPSA) is 78.9 Å². The summed E-state index contributed by atoms with van der Waals surface area (Å²) in [7, 11) is 0. The first kappa shape index (κ1) is 58.6. The monoisotopic (exact) mass is 857 g/mol. The van der Waals surface area contributed by atoms with Crippen LogP contribution in [-0.4, -0.2) is 37.2 Å². The van der Waals surface area contributed by atoms with Gasteiger partial charge in [-0.25, -0.2) is 0 Å². The van der Waals surface area contributed by atoms with Gasteiger partial charge in [-0.2, -0.15) is 0 Å². The third-order valence-electron chi connectivity index (χ3n) is 11.7. The minimum atomic E-state index is -0.773. The Morgan fingerprint density at radius 3 is 1.00 bits per heavy atom. The zero-order valence-corrected chi connectivity index (χ0v) is 40.7. The molecule has 0 heterocycles. The van der Waals surface area contributed by atoms with Gasteiger partial charge >= 0.3 is 17.9 Å². The van der Waals surface area contributed by atoms with Crippen molar-refractivity contribution in [3.8, 4) is 0 Å². The highest BCUT2D eigenvalue weighted by atomic mass is 16.6. The van der Waals surface area contributed by atoms with E-state index in [1.807, 2.05) is 0 Å². The number of esters is 3. The minimum Gasteiger partial charge on any atom is -0.462 e. The Morgan fingerprint density at radius 1 is 0.344 bits per heavy atom. The van der Waals surface area contributed by atoms with Gasteiger partial charge in [-0.1, -0.05) is 243 Å². The van der Waals surface area contributed by atoms with Crippen molar-refractivity contribution >= 4 is 17.9 Å². The van der Waals surface area contributed by atoms with Gasteiger partial charge in [0.2, 0.25) is 0 Å². The Hall–Kier alpha value is -2.37. The van der Waals surface area contributed by atoms with Crippen LogP contribution in [0.1, 0.15) is 278 Å². The van der Waals surface area contributed by atoms with E-state index < -0.39 is 6.10 Å². The maximum atomic E-state index is 12.8. The Balaban J connectivity index is 4.37. The van der Waals surface area contributed by atoms with E-state index in [0.717, 1.165) is 96.3 Å². The summed E-state index contributed by atoms with van der Waals surface area (Å²) < 4.78 is 16.8. The summed E-state index contributed by atoms with van der Waals surface area (Å²) in [4.78, 5) is 38.0. The smallest absolute Gasteiger partial charge is 0.306 e. The van der Waals surface area contributed by atoms with Gasteiger partial charge in [0.1, 0.15) is 13.2 Å². The van der Waals surface area contributed by atoms with Gasteiger partial charge in [0.25, 0.3) is 0 Å². The van der Waals surface area contributed by atoms with Crippen molar-refractivity contribution in [3.63, 3.8) is 0 Å². The molecule has 0 amide bonds. The summed E-state index contributed by atoms with van der Waals surface area (Å²) >= 11 is 0. The van der Waals surface area contributed by atoms with Crippen LogP contribution < -0.4 is 0 Å². The van der Waals surface area contributed by atoms with E-state index in [4.69, 9.17) is 14.2 Å². The number of allylic oxidation sites excluding steroid dienone is 6. The van der Waals surface area contributed by atoms with Crippen LogP contribution in [0.5, 0.6) is 0 Å².